The van der Waals surface area contributed by atoms with Gasteiger partial charge in [0, 0.05) is 27.9 Å². The maximum absolute atomic E-state index is 2.70. The molecule has 288 valence electrons. The Morgan fingerprint density at radius 2 is 1.02 bits per heavy atom. The SMILES string of the molecule is CC1(C)CCC(C)(C)c2cc(N(c3ccc4c(c3)C(C)(C)c3ccccc3-4)c3ccc4c(c3)C3(c5cc(-c6ccccc6)ccc5-4)C4CC5CC6CC3C64C5)ccc21. The molecule has 13 rings (SSSR count). The second kappa shape index (κ2) is 10.8. The third-order valence-corrected chi connectivity index (χ3v) is 18.0. The van der Waals surface area contributed by atoms with Crippen molar-refractivity contribution in [2.45, 2.75) is 102 Å². The lowest BCUT2D eigenvalue weighted by Gasteiger charge is -2.76. The minimum Gasteiger partial charge on any atom is -0.310 e. The molecule has 0 heterocycles. The predicted molar refractivity (Wildman–Crippen MR) is 240 cm³/mol. The Bertz CT molecular complexity index is 2760. The molecule has 6 atom stereocenters. The smallest absolute Gasteiger partial charge is 0.0465 e. The number of benzene rings is 6. The molecule has 0 radical (unpaired) electrons. The highest BCUT2D eigenvalue weighted by Crippen LogP contribution is 2.89. The van der Waals surface area contributed by atoms with Crippen molar-refractivity contribution in [1.29, 1.82) is 0 Å². The summed E-state index contributed by atoms with van der Waals surface area (Å²) in [6.45, 7) is 14.7. The van der Waals surface area contributed by atoms with Crippen molar-refractivity contribution in [3.63, 3.8) is 0 Å². The van der Waals surface area contributed by atoms with Crippen LogP contribution < -0.4 is 4.90 Å². The van der Waals surface area contributed by atoms with Crippen LogP contribution in [0, 0.1) is 29.1 Å². The number of nitrogens with zero attached hydrogens (tertiary/aromatic N) is 1. The summed E-state index contributed by atoms with van der Waals surface area (Å²) in [6, 6.07) is 50.3. The van der Waals surface area contributed by atoms with Crippen molar-refractivity contribution in [3.05, 3.63) is 161 Å². The quantitative estimate of drug-likeness (QED) is 0.173. The summed E-state index contributed by atoms with van der Waals surface area (Å²) >= 11 is 0. The highest BCUT2D eigenvalue weighted by molar-refractivity contribution is 5.90. The summed E-state index contributed by atoms with van der Waals surface area (Å²) in [5.41, 5.74) is 22.3. The number of fused-ring (bicyclic) bond motifs is 12. The van der Waals surface area contributed by atoms with E-state index in [0.717, 1.165) is 23.7 Å². The van der Waals surface area contributed by atoms with Gasteiger partial charge in [-0.1, -0.05) is 126 Å². The van der Waals surface area contributed by atoms with Crippen molar-refractivity contribution in [3.8, 4) is 33.4 Å². The van der Waals surface area contributed by atoms with Crippen molar-refractivity contribution in [2.24, 2.45) is 29.1 Å². The lowest BCUT2D eigenvalue weighted by atomic mass is 9.27. The van der Waals surface area contributed by atoms with Gasteiger partial charge < -0.3 is 4.90 Å². The maximum atomic E-state index is 2.70. The van der Waals surface area contributed by atoms with E-state index in [4.69, 9.17) is 0 Å². The fourth-order valence-electron chi connectivity index (χ4n) is 15.3. The maximum Gasteiger partial charge on any atom is 0.0465 e. The summed E-state index contributed by atoms with van der Waals surface area (Å²) in [5, 5.41) is 0. The summed E-state index contributed by atoms with van der Waals surface area (Å²) < 4.78 is 0. The van der Waals surface area contributed by atoms with Crippen LogP contribution in [0.4, 0.5) is 17.1 Å². The van der Waals surface area contributed by atoms with Crippen LogP contribution in [0.3, 0.4) is 0 Å². The second-order valence-electron chi connectivity index (χ2n) is 21.7. The van der Waals surface area contributed by atoms with Gasteiger partial charge in [-0.2, -0.15) is 0 Å². The van der Waals surface area contributed by atoms with E-state index in [2.05, 4.69) is 174 Å². The van der Waals surface area contributed by atoms with Crippen LogP contribution in [0.5, 0.6) is 0 Å². The summed E-state index contributed by atoms with van der Waals surface area (Å²) in [7, 11) is 0. The van der Waals surface area contributed by atoms with Gasteiger partial charge in [0.25, 0.3) is 0 Å². The molecule has 6 unspecified atom stereocenters. The van der Waals surface area contributed by atoms with Crippen LogP contribution in [0.15, 0.2) is 127 Å². The van der Waals surface area contributed by atoms with E-state index in [1.165, 1.54) is 111 Å². The molecule has 0 N–H and O–H groups in total. The van der Waals surface area contributed by atoms with Gasteiger partial charge in [-0.3, -0.25) is 0 Å². The lowest BCUT2D eigenvalue weighted by Crippen LogP contribution is -2.73. The van der Waals surface area contributed by atoms with E-state index in [0.29, 0.717) is 5.41 Å². The number of rotatable bonds is 4. The normalized spacial score (nSPS) is 29.7. The molecular formula is C57H55N. The molecule has 58 heavy (non-hydrogen) atoms. The first-order chi connectivity index (χ1) is 27.9. The van der Waals surface area contributed by atoms with E-state index in [-0.39, 0.29) is 21.7 Å². The van der Waals surface area contributed by atoms with Crippen molar-refractivity contribution in [2.75, 3.05) is 4.90 Å². The zero-order valence-electron chi connectivity index (χ0n) is 35.1. The van der Waals surface area contributed by atoms with Gasteiger partial charge in [0.1, 0.15) is 0 Å². The Morgan fingerprint density at radius 1 is 0.448 bits per heavy atom. The summed E-state index contributed by atoms with van der Waals surface area (Å²) in [4.78, 5) is 2.64. The molecule has 1 nitrogen and oxygen atoms in total. The van der Waals surface area contributed by atoms with Crippen LogP contribution >= 0.6 is 0 Å². The average Bonchev–Trinajstić information content (AvgIpc) is 3.92. The van der Waals surface area contributed by atoms with E-state index < -0.39 is 0 Å². The van der Waals surface area contributed by atoms with Crippen molar-refractivity contribution < 1.29 is 0 Å². The molecule has 6 aromatic carbocycles. The van der Waals surface area contributed by atoms with Gasteiger partial charge in [-0.25, -0.2) is 0 Å². The molecular weight excluding hydrogens is 699 g/mol. The van der Waals surface area contributed by atoms with Crippen LogP contribution in [0.2, 0.25) is 0 Å². The molecule has 4 saturated carbocycles. The fraction of sp³-hybridized carbons (Fsp3) is 0.368. The number of hydrogen-bond donors (Lipinski definition) is 0. The zero-order chi connectivity index (χ0) is 39.1. The molecule has 1 heteroatoms. The molecule has 7 aliphatic carbocycles. The topological polar surface area (TPSA) is 3.24 Å². The van der Waals surface area contributed by atoms with Crippen LogP contribution in [0.1, 0.15) is 113 Å². The largest absolute Gasteiger partial charge is 0.310 e. The molecule has 0 aliphatic heterocycles. The molecule has 0 amide bonds. The molecule has 6 aromatic rings. The first kappa shape index (κ1) is 34.0. The molecule has 2 spiro atoms. The van der Waals surface area contributed by atoms with Gasteiger partial charge in [-0.05, 0) is 188 Å². The molecule has 7 aliphatic rings. The van der Waals surface area contributed by atoms with Gasteiger partial charge in [0.15, 0.2) is 0 Å². The molecule has 0 aromatic heterocycles. The Balaban J connectivity index is 1.03. The summed E-state index contributed by atoms with van der Waals surface area (Å²) in [6.07, 6.45) is 8.22. The molecule has 2 bridgehead atoms. The Morgan fingerprint density at radius 3 is 1.76 bits per heavy atom. The Kier molecular flexibility index (Phi) is 6.36. The zero-order valence-corrected chi connectivity index (χ0v) is 35.1. The van der Waals surface area contributed by atoms with Crippen LogP contribution in [-0.4, -0.2) is 0 Å². The second-order valence-corrected chi connectivity index (χ2v) is 21.7. The van der Waals surface area contributed by atoms with Gasteiger partial charge >= 0.3 is 0 Å². The van der Waals surface area contributed by atoms with E-state index in [9.17, 15) is 0 Å². The highest BCUT2D eigenvalue weighted by Gasteiger charge is 2.84. The third-order valence-electron chi connectivity index (χ3n) is 18.0. The standard InChI is InChI=1S/C57H55N/c1-53(2)24-25-54(3,4)50-32-40(19-23-46(50)53)58(38-17-21-42-41-14-10-11-15-45(41)55(5,6)47(42)30-38)39-18-22-44-43-20-16-36(35-12-8-7-9-13-35)28-48(43)57(49(44)31-39)51-27-34-26-37-29-52(57)56(37,51)33-34/h7-23,28,30-32,34,37,51-52H,24-27,29,33H2,1-6H3. The highest BCUT2D eigenvalue weighted by atomic mass is 15.1. The number of hydrogen-bond acceptors (Lipinski definition) is 1. The van der Waals surface area contributed by atoms with Crippen LogP contribution in [0.25, 0.3) is 33.4 Å². The first-order valence-electron chi connectivity index (χ1n) is 22.5. The van der Waals surface area contributed by atoms with Crippen molar-refractivity contribution in [1.82, 2.24) is 0 Å². The minimum absolute atomic E-state index is 0.0711. The molecule has 0 saturated heterocycles. The van der Waals surface area contributed by atoms with Crippen molar-refractivity contribution >= 4 is 17.1 Å². The average molecular weight is 754 g/mol. The van der Waals surface area contributed by atoms with E-state index in [1.54, 1.807) is 11.1 Å². The first-order valence-corrected chi connectivity index (χ1v) is 22.5. The van der Waals surface area contributed by atoms with Crippen LogP contribution in [-0.2, 0) is 21.7 Å². The van der Waals surface area contributed by atoms with Gasteiger partial charge in [0.05, 0.1) is 0 Å². The monoisotopic (exact) mass is 753 g/mol. The molecule has 4 fully saturated rings. The predicted octanol–water partition coefficient (Wildman–Crippen LogP) is 14.8. The summed E-state index contributed by atoms with van der Waals surface area (Å²) in [5.74, 6) is 3.38. The van der Waals surface area contributed by atoms with Gasteiger partial charge in [-0.15, -0.1) is 0 Å². The third kappa shape index (κ3) is 3.96. The lowest BCUT2D eigenvalue weighted by molar-refractivity contribution is -0.231. The van der Waals surface area contributed by atoms with E-state index >= 15 is 0 Å². The number of anilines is 3. The minimum atomic E-state index is -0.0711. The van der Waals surface area contributed by atoms with Gasteiger partial charge in [0.2, 0.25) is 0 Å². The fourth-order valence-corrected chi connectivity index (χ4v) is 15.3. The Hall–Kier alpha value is -4.88. The van der Waals surface area contributed by atoms with E-state index in [1.807, 2.05) is 0 Å². The Labute approximate surface area is 345 Å².